The maximum absolute atomic E-state index is 11.9. The van der Waals surface area contributed by atoms with E-state index in [9.17, 15) is 9.59 Å². The van der Waals surface area contributed by atoms with E-state index in [0.717, 1.165) is 6.42 Å². The van der Waals surface area contributed by atoms with E-state index in [1.54, 1.807) is 11.4 Å². The van der Waals surface area contributed by atoms with E-state index in [-0.39, 0.29) is 18.4 Å². The van der Waals surface area contributed by atoms with Crippen LogP contribution in [0.3, 0.4) is 0 Å². The molecular formula is C12H17NO4S. The van der Waals surface area contributed by atoms with E-state index in [2.05, 4.69) is 5.32 Å². The molecule has 5 nitrogen and oxygen atoms in total. The molecule has 0 aliphatic heterocycles. The van der Waals surface area contributed by atoms with Crippen LogP contribution in [0.15, 0.2) is 11.4 Å². The average molecular weight is 271 g/mol. The van der Waals surface area contributed by atoms with E-state index >= 15 is 0 Å². The molecule has 1 atom stereocenters. The monoisotopic (exact) mass is 271 g/mol. The third-order valence-electron chi connectivity index (χ3n) is 2.43. The lowest BCUT2D eigenvalue weighted by Crippen LogP contribution is -2.36. The van der Waals surface area contributed by atoms with Crippen LogP contribution in [0.1, 0.15) is 35.9 Å². The number of carboxylic acid groups (broad SMARTS) is 1. The molecule has 0 bridgehead atoms. The Morgan fingerprint density at radius 2 is 2.28 bits per heavy atom. The molecule has 1 heterocycles. The van der Waals surface area contributed by atoms with Crippen molar-refractivity contribution in [1.29, 1.82) is 0 Å². The molecule has 0 aliphatic rings. The van der Waals surface area contributed by atoms with Gasteiger partial charge in [-0.05, 0) is 6.42 Å². The average Bonchev–Trinajstić information content (AvgIpc) is 2.76. The number of methoxy groups -OCH3 is 1. The first kappa shape index (κ1) is 14.5. The third-order valence-corrected chi connectivity index (χ3v) is 3.34. The highest BCUT2D eigenvalue weighted by molar-refractivity contribution is 7.12. The number of carbonyl (C=O) groups excluding carboxylic acids is 1. The Bertz CT molecular complexity index is 416. The predicted octanol–water partition coefficient (Wildman–Crippen LogP) is 2.13. The lowest BCUT2D eigenvalue weighted by molar-refractivity contribution is -0.137. The number of thiophene rings is 1. The summed E-state index contributed by atoms with van der Waals surface area (Å²) in [7, 11) is 1.54. The van der Waals surface area contributed by atoms with Crippen LogP contribution in [0.4, 0.5) is 0 Å². The zero-order valence-corrected chi connectivity index (χ0v) is 11.3. The summed E-state index contributed by atoms with van der Waals surface area (Å²) in [4.78, 5) is 23.1. The zero-order valence-electron chi connectivity index (χ0n) is 10.4. The van der Waals surface area contributed by atoms with Crippen molar-refractivity contribution in [2.75, 3.05) is 7.11 Å². The van der Waals surface area contributed by atoms with Gasteiger partial charge < -0.3 is 15.2 Å². The Morgan fingerprint density at radius 3 is 2.78 bits per heavy atom. The highest BCUT2D eigenvalue weighted by atomic mass is 32.1. The largest absolute Gasteiger partial charge is 0.496 e. The molecule has 0 aromatic carbocycles. The number of amides is 1. The summed E-state index contributed by atoms with van der Waals surface area (Å²) in [6.45, 7) is 1.95. The molecule has 0 spiro atoms. The normalized spacial score (nSPS) is 11.9. The van der Waals surface area contributed by atoms with Crippen LogP contribution < -0.4 is 10.1 Å². The molecule has 1 rings (SSSR count). The van der Waals surface area contributed by atoms with Gasteiger partial charge >= 0.3 is 5.97 Å². The van der Waals surface area contributed by atoms with E-state index in [4.69, 9.17) is 9.84 Å². The fourth-order valence-electron chi connectivity index (χ4n) is 1.59. The van der Waals surface area contributed by atoms with Gasteiger partial charge in [0.1, 0.15) is 5.75 Å². The summed E-state index contributed by atoms with van der Waals surface area (Å²) in [5.74, 6) is -0.518. The van der Waals surface area contributed by atoms with Crippen molar-refractivity contribution in [3.05, 3.63) is 16.3 Å². The fraction of sp³-hybridized carbons (Fsp3) is 0.500. The summed E-state index contributed by atoms with van der Waals surface area (Å²) in [6, 6.07) is 1.32. The van der Waals surface area contributed by atoms with Crippen molar-refractivity contribution in [2.45, 2.75) is 32.2 Å². The number of carboxylic acids is 1. The van der Waals surface area contributed by atoms with Crippen LogP contribution in [0.2, 0.25) is 0 Å². The predicted molar refractivity (Wildman–Crippen MR) is 69.3 cm³/mol. The third kappa shape index (κ3) is 4.37. The fourth-order valence-corrected chi connectivity index (χ4v) is 2.34. The second-order valence-electron chi connectivity index (χ2n) is 3.91. The maximum Gasteiger partial charge on any atom is 0.305 e. The van der Waals surface area contributed by atoms with Crippen LogP contribution in [-0.2, 0) is 4.79 Å². The summed E-state index contributed by atoms with van der Waals surface area (Å²) in [5.41, 5.74) is 0. The Labute approximate surface area is 110 Å². The van der Waals surface area contributed by atoms with Gasteiger partial charge in [0.25, 0.3) is 5.91 Å². The first-order chi connectivity index (χ1) is 8.56. The molecule has 6 heteroatoms. The first-order valence-corrected chi connectivity index (χ1v) is 6.60. The lowest BCUT2D eigenvalue weighted by Gasteiger charge is -2.15. The Balaban J connectivity index is 2.62. The highest BCUT2D eigenvalue weighted by Crippen LogP contribution is 2.21. The lowest BCUT2D eigenvalue weighted by atomic mass is 10.1. The van der Waals surface area contributed by atoms with Crippen molar-refractivity contribution < 1.29 is 19.4 Å². The second-order valence-corrected chi connectivity index (χ2v) is 4.82. The van der Waals surface area contributed by atoms with E-state index in [0.29, 0.717) is 17.0 Å². The Morgan fingerprint density at radius 1 is 1.56 bits per heavy atom. The van der Waals surface area contributed by atoms with E-state index < -0.39 is 5.97 Å². The van der Waals surface area contributed by atoms with Gasteiger partial charge in [0, 0.05) is 17.5 Å². The Kier molecular flexibility index (Phi) is 5.64. The van der Waals surface area contributed by atoms with Gasteiger partial charge in [0.15, 0.2) is 0 Å². The topological polar surface area (TPSA) is 75.6 Å². The van der Waals surface area contributed by atoms with Crippen molar-refractivity contribution >= 4 is 23.2 Å². The number of carbonyl (C=O) groups is 2. The smallest absolute Gasteiger partial charge is 0.305 e. The van der Waals surface area contributed by atoms with Crippen molar-refractivity contribution in [3.63, 3.8) is 0 Å². The molecule has 1 aromatic rings. The first-order valence-electron chi connectivity index (χ1n) is 5.72. The van der Waals surface area contributed by atoms with Crippen LogP contribution in [-0.4, -0.2) is 30.1 Å². The molecule has 0 radical (unpaired) electrons. The van der Waals surface area contributed by atoms with Crippen molar-refractivity contribution in [2.24, 2.45) is 0 Å². The number of aliphatic carboxylic acids is 1. The molecule has 100 valence electrons. The Hall–Kier alpha value is -1.56. The molecule has 0 aliphatic carbocycles. The summed E-state index contributed by atoms with van der Waals surface area (Å²) >= 11 is 1.28. The van der Waals surface area contributed by atoms with E-state index in [1.807, 2.05) is 6.92 Å². The molecule has 1 aromatic heterocycles. The molecular weight excluding hydrogens is 254 g/mol. The standard InChI is InChI=1S/C12H17NO4S/c1-3-4-8(5-11(14)15)13-12(16)10-6-9(17-2)7-18-10/h6-8H,3-5H2,1-2H3,(H,13,16)(H,14,15). The number of hydrogen-bond acceptors (Lipinski definition) is 4. The summed E-state index contributed by atoms with van der Waals surface area (Å²) < 4.78 is 5.00. The minimum atomic E-state index is -0.905. The van der Waals surface area contributed by atoms with Crippen LogP contribution in [0.5, 0.6) is 5.75 Å². The number of rotatable bonds is 7. The van der Waals surface area contributed by atoms with Gasteiger partial charge in [-0.15, -0.1) is 11.3 Å². The molecule has 2 N–H and O–H groups in total. The van der Waals surface area contributed by atoms with Gasteiger partial charge in [-0.2, -0.15) is 0 Å². The molecule has 1 amide bonds. The second kappa shape index (κ2) is 7.00. The van der Waals surface area contributed by atoms with Gasteiger partial charge in [-0.1, -0.05) is 13.3 Å². The minimum absolute atomic E-state index is 0.0535. The van der Waals surface area contributed by atoms with Gasteiger partial charge in [-0.25, -0.2) is 0 Å². The van der Waals surface area contributed by atoms with Gasteiger partial charge in [0.2, 0.25) is 0 Å². The quantitative estimate of drug-likeness (QED) is 0.796. The summed E-state index contributed by atoms with van der Waals surface area (Å²) in [5, 5.41) is 13.2. The SMILES string of the molecule is CCCC(CC(=O)O)NC(=O)c1cc(OC)cs1. The maximum atomic E-state index is 11.9. The zero-order chi connectivity index (χ0) is 13.5. The number of ether oxygens (including phenoxy) is 1. The molecule has 0 saturated heterocycles. The van der Waals surface area contributed by atoms with E-state index in [1.165, 1.54) is 18.4 Å². The number of nitrogens with one attached hydrogen (secondary N) is 1. The molecule has 18 heavy (non-hydrogen) atoms. The van der Waals surface area contributed by atoms with Crippen LogP contribution in [0.25, 0.3) is 0 Å². The molecule has 0 fully saturated rings. The molecule has 1 unspecified atom stereocenters. The van der Waals surface area contributed by atoms with Gasteiger partial charge in [0.05, 0.1) is 18.4 Å². The van der Waals surface area contributed by atoms with Crippen LogP contribution >= 0.6 is 11.3 Å². The minimum Gasteiger partial charge on any atom is -0.496 e. The number of hydrogen-bond donors (Lipinski definition) is 2. The van der Waals surface area contributed by atoms with Crippen molar-refractivity contribution in [1.82, 2.24) is 5.32 Å². The van der Waals surface area contributed by atoms with Crippen molar-refractivity contribution in [3.8, 4) is 5.75 Å². The van der Waals surface area contributed by atoms with Gasteiger partial charge in [-0.3, -0.25) is 9.59 Å². The summed E-state index contributed by atoms with van der Waals surface area (Å²) in [6.07, 6.45) is 1.43. The highest BCUT2D eigenvalue weighted by Gasteiger charge is 2.17. The molecule has 0 saturated carbocycles. The van der Waals surface area contributed by atoms with Crippen LogP contribution in [0, 0.1) is 0 Å².